The van der Waals surface area contributed by atoms with E-state index >= 15 is 0 Å². The quantitative estimate of drug-likeness (QED) is 0.0573. The summed E-state index contributed by atoms with van der Waals surface area (Å²) < 4.78 is 0. The van der Waals surface area contributed by atoms with Gasteiger partial charge in [0.25, 0.3) is 0 Å². The van der Waals surface area contributed by atoms with Gasteiger partial charge >= 0.3 is 0 Å². The lowest BCUT2D eigenvalue weighted by atomic mass is 10.0. The van der Waals surface area contributed by atoms with Crippen LogP contribution in [0.1, 0.15) is 232 Å². The molecule has 0 aromatic heterocycles. The molecule has 0 rings (SSSR count). The van der Waals surface area contributed by atoms with Gasteiger partial charge in [0.05, 0.1) is 0 Å². The van der Waals surface area contributed by atoms with Gasteiger partial charge in [0.15, 0.2) is 0 Å². The van der Waals surface area contributed by atoms with Gasteiger partial charge in [-0.3, -0.25) is 0 Å². The van der Waals surface area contributed by atoms with Crippen molar-refractivity contribution in [1.82, 2.24) is 0 Å². The fraction of sp³-hybridized carbons (Fsp3) is 0.947. The van der Waals surface area contributed by atoms with Crippen molar-refractivity contribution in [3.05, 3.63) is 0 Å². The lowest BCUT2D eigenvalue weighted by molar-refractivity contribution is 0.511. The van der Waals surface area contributed by atoms with Crippen LogP contribution in [-0.4, -0.2) is 0 Å². The fourth-order valence-corrected chi connectivity index (χ4v) is 5.96. The molecule has 0 heterocycles. The Balaban J connectivity index is 3.01. The van der Waals surface area contributed by atoms with Crippen LogP contribution in [0.3, 0.4) is 0 Å². The van der Waals surface area contributed by atoms with Crippen molar-refractivity contribution in [3.63, 3.8) is 0 Å². The lowest BCUT2D eigenvalue weighted by Gasteiger charge is -2.05. The Morgan fingerprint density at radius 2 is 0.421 bits per heavy atom. The second-order valence-electron chi connectivity index (χ2n) is 12.6. The Bertz CT molecular complexity index is 430. The minimum atomic E-state index is 0.972. The fourth-order valence-electron chi connectivity index (χ4n) is 5.96. The molecule has 0 radical (unpaired) electrons. The molecule has 0 aliphatic rings. The summed E-state index contributed by atoms with van der Waals surface area (Å²) in [5, 5.41) is 0. The van der Waals surface area contributed by atoms with E-state index in [9.17, 15) is 0 Å². The highest BCUT2D eigenvalue weighted by atomic mass is 14.0. The molecule has 38 heavy (non-hydrogen) atoms. The lowest BCUT2D eigenvalue weighted by Crippen LogP contribution is -1.85. The molecule has 0 amide bonds. The van der Waals surface area contributed by atoms with Gasteiger partial charge in [-0.1, -0.05) is 219 Å². The zero-order chi connectivity index (χ0) is 27.5. The summed E-state index contributed by atoms with van der Waals surface area (Å²) in [5.41, 5.74) is 0. The van der Waals surface area contributed by atoms with Gasteiger partial charge in [-0.15, -0.1) is 12.3 Å². The van der Waals surface area contributed by atoms with Crippen molar-refractivity contribution in [2.75, 3.05) is 0 Å². The van der Waals surface area contributed by atoms with E-state index in [4.69, 9.17) is 6.42 Å². The van der Waals surface area contributed by atoms with Crippen molar-refractivity contribution in [3.8, 4) is 12.3 Å². The molecule has 0 atom stereocenters. The van der Waals surface area contributed by atoms with Crippen LogP contribution in [0, 0.1) is 12.3 Å². The summed E-state index contributed by atoms with van der Waals surface area (Å²) in [4.78, 5) is 0. The van der Waals surface area contributed by atoms with Gasteiger partial charge in [0.1, 0.15) is 0 Å². The molecule has 0 fully saturated rings. The third-order valence-electron chi connectivity index (χ3n) is 8.67. The summed E-state index contributed by atoms with van der Waals surface area (Å²) in [6.45, 7) is 2.31. The molecule has 0 aliphatic carbocycles. The number of hydrogen-bond donors (Lipinski definition) is 0. The molecule has 226 valence electrons. The van der Waals surface area contributed by atoms with Gasteiger partial charge in [-0.25, -0.2) is 0 Å². The summed E-state index contributed by atoms with van der Waals surface area (Å²) in [6.07, 6.45) is 56.0. The molecule has 0 bridgehead atoms. The molecule has 0 saturated heterocycles. The molecule has 0 saturated carbocycles. The topological polar surface area (TPSA) is 0 Å². The molecule has 0 aromatic rings. The first-order valence-electron chi connectivity index (χ1n) is 18.3. The third kappa shape index (κ3) is 35.6. The maximum atomic E-state index is 5.30. The van der Waals surface area contributed by atoms with E-state index < -0.39 is 0 Å². The summed E-state index contributed by atoms with van der Waals surface area (Å²) in [6, 6.07) is 0. The molecule has 0 unspecified atom stereocenters. The van der Waals surface area contributed by atoms with Gasteiger partial charge in [0.2, 0.25) is 0 Å². The second kappa shape index (κ2) is 36.6. The first kappa shape index (κ1) is 37.6. The number of terminal acetylenes is 1. The monoisotopic (exact) mass is 531 g/mol. The van der Waals surface area contributed by atoms with E-state index in [-0.39, 0.29) is 0 Å². The van der Waals surface area contributed by atoms with Crippen LogP contribution in [0.5, 0.6) is 0 Å². The third-order valence-corrected chi connectivity index (χ3v) is 8.67. The van der Waals surface area contributed by atoms with Crippen LogP contribution >= 0.6 is 0 Å². The van der Waals surface area contributed by atoms with Crippen LogP contribution in [0.4, 0.5) is 0 Å². The first-order valence-corrected chi connectivity index (χ1v) is 18.3. The molecule has 0 aliphatic heterocycles. The van der Waals surface area contributed by atoms with Gasteiger partial charge in [-0.2, -0.15) is 0 Å². The van der Waals surface area contributed by atoms with Crippen molar-refractivity contribution < 1.29 is 0 Å². The molecule has 0 N–H and O–H groups in total. The van der Waals surface area contributed by atoms with Crippen molar-refractivity contribution in [2.24, 2.45) is 0 Å². The average molecular weight is 531 g/mol. The predicted octanol–water partition coefficient (Wildman–Crippen LogP) is 14.3. The van der Waals surface area contributed by atoms with E-state index in [1.54, 1.807) is 0 Å². The highest BCUT2D eigenvalue weighted by Crippen LogP contribution is 2.17. The van der Waals surface area contributed by atoms with E-state index in [1.165, 1.54) is 218 Å². The maximum absolute atomic E-state index is 5.30. The molecular formula is C38H74. The molecule has 0 heteroatoms. The van der Waals surface area contributed by atoms with Gasteiger partial charge in [-0.05, 0) is 6.42 Å². The highest BCUT2D eigenvalue weighted by molar-refractivity contribution is 4.82. The van der Waals surface area contributed by atoms with E-state index in [0.717, 1.165) is 6.42 Å². The standard InChI is InChI=1S/C38H74/c1-3-5-7-9-11-13-15-17-19-21-23-25-27-29-31-33-35-37-38-36-34-32-30-28-26-24-22-20-18-16-14-12-10-8-6-4-2/h1H,4-38H2,2H3. The molecule has 0 spiro atoms. The number of rotatable bonds is 34. The number of hydrogen-bond acceptors (Lipinski definition) is 0. The zero-order valence-corrected chi connectivity index (χ0v) is 26.8. The smallest absolute Gasteiger partial charge is 0.00860 e. The van der Waals surface area contributed by atoms with Crippen molar-refractivity contribution >= 4 is 0 Å². The van der Waals surface area contributed by atoms with Crippen molar-refractivity contribution in [2.45, 2.75) is 232 Å². The van der Waals surface area contributed by atoms with E-state index in [1.807, 2.05) is 0 Å². The predicted molar refractivity (Wildman–Crippen MR) is 176 cm³/mol. The Labute approximate surface area is 243 Å². The molecule has 0 nitrogen and oxygen atoms in total. The van der Waals surface area contributed by atoms with Crippen LogP contribution < -0.4 is 0 Å². The Kier molecular flexibility index (Phi) is 36.1. The van der Waals surface area contributed by atoms with E-state index in [0.29, 0.717) is 0 Å². The largest absolute Gasteiger partial charge is 0.120 e. The Morgan fingerprint density at radius 3 is 0.579 bits per heavy atom. The van der Waals surface area contributed by atoms with Gasteiger partial charge < -0.3 is 0 Å². The maximum Gasteiger partial charge on any atom is 0.00860 e. The van der Waals surface area contributed by atoms with Gasteiger partial charge in [0, 0.05) is 6.42 Å². The Hall–Kier alpha value is -0.440. The summed E-state index contributed by atoms with van der Waals surface area (Å²) >= 11 is 0. The van der Waals surface area contributed by atoms with E-state index in [2.05, 4.69) is 12.8 Å². The SMILES string of the molecule is C#CCCCCCCCCCCCCCCCCCCCCCCCCCCCCCCCCCCCC. The first-order chi connectivity index (χ1) is 18.9. The average Bonchev–Trinajstić information content (AvgIpc) is 2.93. The number of unbranched alkanes of at least 4 members (excludes halogenated alkanes) is 34. The highest BCUT2D eigenvalue weighted by Gasteiger charge is 1.97. The normalized spacial score (nSPS) is 11.3. The summed E-state index contributed by atoms with van der Waals surface area (Å²) in [5.74, 6) is 2.74. The summed E-state index contributed by atoms with van der Waals surface area (Å²) in [7, 11) is 0. The minimum absolute atomic E-state index is 0.972. The van der Waals surface area contributed by atoms with Crippen LogP contribution in [-0.2, 0) is 0 Å². The minimum Gasteiger partial charge on any atom is -0.120 e. The molecule has 0 aromatic carbocycles. The van der Waals surface area contributed by atoms with Crippen LogP contribution in [0.2, 0.25) is 0 Å². The molecular weight excluding hydrogens is 456 g/mol. The zero-order valence-electron chi connectivity index (χ0n) is 26.8. The van der Waals surface area contributed by atoms with Crippen molar-refractivity contribution in [1.29, 1.82) is 0 Å². The van der Waals surface area contributed by atoms with Crippen LogP contribution in [0.15, 0.2) is 0 Å². The Morgan fingerprint density at radius 1 is 0.263 bits per heavy atom. The second-order valence-corrected chi connectivity index (χ2v) is 12.6. The van der Waals surface area contributed by atoms with Crippen LogP contribution in [0.25, 0.3) is 0 Å².